The molecular formula is C40H40SSiZr-4. The molecule has 43 heavy (non-hydrogen) atoms. The number of benzene rings is 4. The quantitative estimate of drug-likeness (QED) is 0.136. The molecular weight excluding hydrogens is 632 g/mol. The molecule has 0 amide bonds. The fourth-order valence-electron chi connectivity index (χ4n) is 5.80. The first-order valence-corrected chi connectivity index (χ1v) is 19.2. The van der Waals surface area contributed by atoms with Crippen LogP contribution in [0.1, 0.15) is 37.5 Å². The molecule has 0 spiro atoms. The third-order valence-electron chi connectivity index (χ3n) is 7.83. The average Bonchev–Trinajstić information content (AvgIpc) is 3.67. The Labute approximate surface area is 281 Å². The summed E-state index contributed by atoms with van der Waals surface area (Å²) in [5.41, 5.74) is 10.9. The zero-order chi connectivity index (χ0) is 29.1. The second kappa shape index (κ2) is 15.4. The van der Waals surface area contributed by atoms with E-state index < -0.39 is 0 Å². The van der Waals surface area contributed by atoms with Crippen LogP contribution in [-0.4, -0.2) is 12.1 Å². The predicted octanol–water partition coefficient (Wildman–Crippen LogP) is 11.4. The summed E-state index contributed by atoms with van der Waals surface area (Å²) >= 11 is 3.30. The molecule has 0 bridgehead atoms. The Balaban J connectivity index is 0.000000219. The van der Waals surface area contributed by atoms with Crippen molar-refractivity contribution in [1.82, 2.24) is 0 Å². The van der Waals surface area contributed by atoms with Crippen LogP contribution in [0.25, 0.3) is 38.2 Å². The number of fused-ring (bicyclic) bond motifs is 3. The molecule has 2 aliphatic rings. The van der Waals surface area contributed by atoms with Gasteiger partial charge in [0.1, 0.15) is 0 Å². The van der Waals surface area contributed by atoms with Gasteiger partial charge in [0.2, 0.25) is 0 Å². The molecule has 1 aliphatic heterocycles. The summed E-state index contributed by atoms with van der Waals surface area (Å²) in [7, 11) is 0. The van der Waals surface area contributed by atoms with Crippen LogP contribution in [0.4, 0.5) is 0 Å². The molecule has 2 radical (unpaired) electrons. The van der Waals surface area contributed by atoms with Crippen LogP contribution in [0.5, 0.6) is 0 Å². The monoisotopic (exact) mass is 670 g/mol. The minimum absolute atomic E-state index is 0. The first kappa shape index (κ1) is 34.9. The van der Waals surface area contributed by atoms with E-state index in [1.165, 1.54) is 94.3 Å². The van der Waals surface area contributed by atoms with Crippen molar-refractivity contribution in [3.63, 3.8) is 0 Å². The zero-order valence-corrected chi connectivity index (χ0v) is 30.7. The summed E-state index contributed by atoms with van der Waals surface area (Å²) in [4.78, 5) is 1.33. The van der Waals surface area contributed by atoms with Gasteiger partial charge < -0.3 is 14.9 Å². The number of rotatable bonds is 3. The number of thioether (sulfide) groups is 1. The molecule has 1 aliphatic carbocycles. The van der Waals surface area contributed by atoms with E-state index in [0.29, 0.717) is 11.2 Å². The van der Waals surface area contributed by atoms with E-state index in [-0.39, 0.29) is 14.9 Å². The fraction of sp³-hybridized carbons (Fsp3) is 0.175. The Morgan fingerprint density at radius 2 is 1.49 bits per heavy atom. The second-order valence-electron chi connectivity index (χ2n) is 11.0. The van der Waals surface area contributed by atoms with E-state index in [4.69, 9.17) is 0 Å². The van der Waals surface area contributed by atoms with Gasteiger partial charge in [-0.05, 0) is 34.7 Å². The Hall–Kier alpha value is -2.58. The normalized spacial score (nSPS) is 15.0. The van der Waals surface area contributed by atoms with Crippen LogP contribution in [0.3, 0.4) is 0 Å². The van der Waals surface area contributed by atoms with Crippen molar-refractivity contribution in [2.75, 3.05) is 0 Å². The first-order chi connectivity index (χ1) is 19.9. The van der Waals surface area contributed by atoms with E-state index >= 15 is 0 Å². The molecule has 0 saturated carbocycles. The molecule has 7 rings (SSSR count). The molecule has 5 aromatic rings. The molecule has 1 unspecified atom stereocenters. The Morgan fingerprint density at radius 3 is 2.21 bits per heavy atom. The van der Waals surface area contributed by atoms with E-state index in [2.05, 4.69) is 151 Å². The maximum absolute atomic E-state index is 3.61. The van der Waals surface area contributed by atoms with E-state index in [1.807, 2.05) is 11.8 Å². The predicted molar refractivity (Wildman–Crippen MR) is 191 cm³/mol. The Morgan fingerprint density at radius 1 is 0.814 bits per heavy atom. The first-order valence-electron chi connectivity index (χ1n) is 14.1. The van der Waals surface area contributed by atoms with Crippen molar-refractivity contribution in [1.29, 1.82) is 0 Å². The van der Waals surface area contributed by atoms with Crippen LogP contribution in [-0.2, 0) is 23.3 Å². The SMILES string of the molecule is CC(C)C1=CC2=C(c3cccc4ccccc34)C(C)SC2=[C-]1.Cc1cc2c(-c3ccccc3)ccc(C)c2[cH-]1.[CH3-].[CH3-].[Si]=[Zr]. The number of aryl methyl sites for hydroxylation is 2. The topological polar surface area (TPSA) is 0 Å². The van der Waals surface area contributed by atoms with Crippen molar-refractivity contribution < 1.29 is 23.3 Å². The molecule has 0 aromatic heterocycles. The molecule has 3 heteroatoms. The third-order valence-corrected chi connectivity index (χ3v) is 8.98. The molecule has 1 heterocycles. The van der Waals surface area contributed by atoms with Gasteiger partial charge in [0, 0.05) is 5.25 Å². The summed E-state index contributed by atoms with van der Waals surface area (Å²) < 4.78 is 0. The van der Waals surface area contributed by atoms with Crippen molar-refractivity contribution in [2.24, 2.45) is 5.92 Å². The van der Waals surface area contributed by atoms with Gasteiger partial charge >= 0.3 is 30.2 Å². The zero-order valence-electron chi connectivity index (χ0n) is 26.4. The summed E-state index contributed by atoms with van der Waals surface area (Å²) in [6, 6.07) is 34.9. The minimum atomic E-state index is 0. The van der Waals surface area contributed by atoms with Crippen molar-refractivity contribution in [3.8, 4) is 11.1 Å². The molecule has 0 saturated heterocycles. The number of hydrogen-bond acceptors (Lipinski definition) is 1. The summed E-state index contributed by atoms with van der Waals surface area (Å²) in [6.45, 7) is 14.2. The van der Waals surface area contributed by atoms with Crippen LogP contribution >= 0.6 is 11.8 Å². The fourth-order valence-corrected chi connectivity index (χ4v) is 7.00. The van der Waals surface area contributed by atoms with Gasteiger partial charge in [0.05, 0.1) is 0 Å². The van der Waals surface area contributed by atoms with E-state index in [1.54, 1.807) is 0 Å². The third kappa shape index (κ3) is 7.22. The van der Waals surface area contributed by atoms with Gasteiger partial charge in [-0.2, -0.15) is 23.3 Å². The van der Waals surface area contributed by atoms with Crippen molar-refractivity contribution >= 4 is 45.8 Å². The average molecular weight is 672 g/mol. The summed E-state index contributed by atoms with van der Waals surface area (Å²) in [6.07, 6.45) is 5.97. The number of hydrogen-bond donors (Lipinski definition) is 0. The van der Waals surface area contributed by atoms with Crippen LogP contribution in [0.2, 0.25) is 0 Å². The standard InChI is InChI=1S/C21H19S.C17H15.2CH3.Si.Zr/c1-13(2)16-11-19-20(12-16)22-14(3)21(19)18-10-6-8-15-7-4-5-9-17(15)18;1-12-10-16-13(2)8-9-15(17(16)11-12)14-6-4-3-5-7-14;;;;/h4-11,13-14H,1-3H3;3-11H,1-2H3;2*1H3;;/q4*-1;;. The van der Waals surface area contributed by atoms with Crippen molar-refractivity contribution in [3.05, 3.63) is 157 Å². The number of allylic oxidation sites excluding steroid dienone is 4. The van der Waals surface area contributed by atoms with Crippen LogP contribution in [0.15, 0.2) is 119 Å². The molecule has 0 fully saturated rings. The maximum atomic E-state index is 3.61. The van der Waals surface area contributed by atoms with Gasteiger partial charge in [-0.1, -0.05) is 118 Å². The van der Waals surface area contributed by atoms with Gasteiger partial charge in [-0.3, -0.25) is 0 Å². The molecule has 218 valence electrons. The second-order valence-corrected chi connectivity index (χ2v) is 12.3. The Kier molecular flexibility index (Phi) is 12.5. The van der Waals surface area contributed by atoms with Gasteiger partial charge in [-0.25, -0.2) is 6.08 Å². The van der Waals surface area contributed by atoms with Crippen molar-refractivity contribution in [2.45, 2.75) is 39.9 Å². The molecule has 1 atom stereocenters. The van der Waals surface area contributed by atoms with Gasteiger partial charge in [0.15, 0.2) is 0 Å². The van der Waals surface area contributed by atoms with E-state index in [9.17, 15) is 0 Å². The van der Waals surface area contributed by atoms with Gasteiger partial charge in [0.25, 0.3) is 0 Å². The van der Waals surface area contributed by atoms with Gasteiger partial charge in [-0.15, -0.1) is 50.7 Å². The molecule has 0 N–H and O–H groups in total. The molecule has 0 nitrogen and oxygen atoms in total. The molecule has 5 aromatic carbocycles. The Bertz CT molecular complexity index is 1800. The van der Waals surface area contributed by atoms with Crippen LogP contribution < -0.4 is 0 Å². The summed E-state index contributed by atoms with van der Waals surface area (Å²) in [5.74, 6) is 0.537. The summed E-state index contributed by atoms with van der Waals surface area (Å²) in [5, 5.41) is 5.91. The van der Waals surface area contributed by atoms with Crippen LogP contribution in [0, 0.1) is 40.7 Å². The van der Waals surface area contributed by atoms with E-state index in [0.717, 1.165) is 0 Å².